The summed E-state index contributed by atoms with van der Waals surface area (Å²) in [6.45, 7) is 0. The lowest BCUT2D eigenvalue weighted by Crippen LogP contribution is -2.32. The van der Waals surface area contributed by atoms with Crippen molar-refractivity contribution < 1.29 is 14.4 Å². The van der Waals surface area contributed by atoms with E-state index in [1.165, 1.54) is 16.7 Å². The third-order valence-electron chi connectivity index (χ3n) is 5.61. The number of hydrogen-bond acceptors (Lipinski definition) is 5. The van der Waals surface area contributed by atoms with Crippen LogP contribution in [0.25, 0.3) is 0 Å². The molecule has 2 N–H and O–H groups in total. The number of para-hydroxylation sites is 1. The fraction of sp³-hybridized carbons (Fsp3) is 0. The Morgan fingerprint density at radius 1 is 0.684 bits per heavy atom. The van der Waals surface area contributed by atoms with Crippen LogP contribution in [0, 0.1) is 0 Å². The number of hydrogen-bond donors (Lipinski definition) is 2. The molecule has 0 aliphatic carbocycles. The van der Waals surface area contributed by atoms with Gasteiger partial charge in [-0.1, -0.05) is 61.8 Å². The molecule has 9 heteroatoms. The molecular formula is C29H19Br2N3O3S. The Morgan fingerprint density at radius 3 is 1.89 bits per heavy atom. The zero-order valence-electron chi connectivity index (χ0n) is 19.7. The zero-order chi connectivity index (χ0) is 26.6. The highest BCUT2D eigenvalue weighted by molar-refractivity contribution is 9.10. The Balaban J connectivity index is 1.39. The predicted molar refractivity (Wildman–Crippen MR) is 158 cm³/mol. The van der Waals surface area contributed by atoms with Crippen LogP contribution < -0.4 is 15.5 Å². The number of amides is 3. The van der Waals surface area contributed by atoms with Gasteiger partial charge in [0.25, 0.3) is 17.7 Å². The molecule has 6 nitrogen and oxygen atoms in total. The summed E-state index contributed by atoms with van der Waals surface area (Å²) in [5.41, 5.74) is 2.54. The van der Waals surface area contributed by atoms with E-state index in [0.717, 1.165) is 13.8 Å². The summed E-state index contributed by atoms with van der Waals surface area (Å²) in [5.74, 6) is -1.06. The van der Waals surface area contributed by atoms with Gasteiger partial charge in [0.05, 0.1) is 5.69 Å². The second-order valence-electron chi connectivity index (χ2n) is 8.20. The van der Waals surface area contributed by atoms with Gasteiger partial charge in [-0.2, -0.15) is 0 Å². The molecule has 4 aromatic rings. The molecule has 0 unspecified atom stereocenters. The molecule has 3 amide bonds. The van der Waals surface area contributed by atoms with Crippen LogP contribution in [0.2, 0.25) is 0 Å². The van der Waals surface area contributed by atoms with Gasteiger partial charge in [-0.15, -0.1) is 0 Å². The number of imide groups is 1. The molecule has 0 aromatic heterocycles. The Labute approximate surface area is 240 Å². The predicted octanol–water partition coefficient (Wildman–Crippen LogP) is 7.45. The average Bonchev–Trinajstić information content (AvgIpc) is 3.15. The lowest BCUT2D eigenvalue weighted by Gasteiger charge is -2.15. The molecule has 0 saturated carbocycles. The number of thioether (sulfide) groups is 1. The standard InChI is InChI=1S/C29H19Br2N3O3S/c30-19-8-6-18(7-9-19)27(35)33-22-14-16-24(17-15-22)38-26-25(32-21-12-10-20(31)11-13-21)28(36)34(29(26)37)23-4-2-1-3-5-23/h1-17,32H,(H,33,35). The number of carbonyl (C=O) groups is 3. The van der Waals surface area contributed by atoms with Crippen molar-refractivity contribution in [3.8, 4) is 0 Å². The van der Waals surface area contributed by atoms with Gasteiger partial charge in [0.15, 0.2) is 0 Å². The summed E-state index contributed by atoms with van der Waals surface area (Å²) >= 11 is 7.97. The summed E-state index contributed by atoms with van der Waals surface area (Å²) in [7, 11) is 0. The van der Waals surface area contributed by atoms with Gasteiger partial charge in [-0.05, 0) is 84.9 Å². The van der Waals surface area contributed by atoms with Crippen molar-refractivity contribution in [2.24, 2.45) is 0 Å². The van der Waals surface area contributed by atoms with Crippen LogP contribution in [-0.2, 0) is 9.59 Å². The van der Waals surface area contributed by atoms with E-state index in [4.69, 9.17) is 0 Å². The average molecular weight is 649 g/mol. The van der Waals surface area contributed by atoms with Crippen LogP contribution in [0.4, 0.5) is 17.1 Å². The first-order chi connectivity index (χ1) is 18.4. The van der Waals surface area contributed by atoms with Crippen molar-refractivity contribution in [1.82, 2.24) is 0 Å². The minimum absolute atomic E-state index is 0.207. The van der Waals surface area contributed by atoms with Gasteiger partial charge in [-0.3, -0.25) is 14.4 Å². The molecule has 1 aliphatic rings. The smallest absolute Gasteiger partial charge is 0.283 e. The van der Waals surface area contributed by atoms with E-state index >= 15 is 0 Å². The first kappa shape index (κ1) is 26.0. The number of carbonyl (C=O) groups excluding carboxylic acids is 3. The monoisotopic (exact) mass is 647 g/mol. The molecule has 4 aromatic carbocycles. The van der Waals surface area contributed by atoms with Gasteiger partial charge >= 0.3 is 0 Å². The number of anilines is 3. The fourth-order valence-corrected chi connectivity index (χ4v) is 5.19. The fourth-order valence-electron chi connectivity index (χ4n) is 3.73. The zero-order valence-corrected chi connectivity index (χ0v) is 23.6. The van der Waals surface area contributed by atoms with Crippen LogP contribution in [0.5, 0.6) is 0 Å². The van der Waals surface area contributed by atoms with Crippen LogP contribution in [0.3, 0.4) is 0 Å². The van der Waals surface area contributed by atoms with E-state index in [9.17, 15) is 14.4 Å². The molecule has 1 heterocycles. The van der Waals surface area contributed by atoms with Gasteiger partial charge < -0.3 is 10.6 Å². The highest BCUT2D eigenvalue weighted by Crippen LogP contribution is 2.38. The molecule has 0 atom stereocenters. The van der Waals surface area contributed by atoms with E-state index in [2.05, 4.69) is 42.5 Å². The maximum atomic E-state index is 13.5. The van der Waals surface area contributed by atoms with E-state index < -0.39 is 11.8 Å². The van der Waals surface area contributed by atoms with Gasteiger partial charge in [-0.25, -0.2) is 4.90 Å². The Hall–Kier alpha value is -3.66. The van der Waals surface area contributed by atoms with Crippen molar-refractivity contribution >= 4 is 78.4 Å². The van der Waals surface area contributed by atoms with Crippen molar-refractivity contribution in [3.63, 3.8) is 0 Å². The molecule has 0 fully saturated rings. The third-order valence-corrected chi connectivity index (χ3v) is 7.76. The second-order valence-corrected chi connectivity index (χ2v) is 11.1. The molecule has 0 saturated heterocycles. The summed E-state index contributed by atoms with van der Waals surface area (Å²) in [4.78, 5) is 41.7. The highest BCUT2D eigenvalue weighted by atomic mass is 79.9. The summed E-state index contributed by atoms with van der Waals surface area (Å²) < 4.78 is 1.79. The Bertz CT molecular complexity index is 1540. The topological polar surface area (TPSA) is 78.5 Å². The number of benzene rings is 4. The highest BCUT2D eigenvalue weighted by Gasteiger charge is 2.40. The van der Waals surface area contributed by atoms with Gasteiger partial charge in [0, 0.05) is 30.8 Å². The minimum Gasteiger partial charge on any atom is -0.350 e. The maximum absolute atomic E-state index is 13.5. The number of rotatable bonds is 7. The van der Waals surface area contributed by atoms with Crippen molar-refractivity contribution in [2.75, 3.05) is 15.5 Å². The summed E-state index contributed by atoms with van der Waals surface area (Å²) in [5, 5.41) is 6.01. The Kier molecular flexibility index (Phi) is 7.78. The SMILES string of the molecule is O=C(Nc1ccc(SC2=C(Nc3ccc(Br)cc3)C(=O)N(c3ccccc3)C2=O)cc1)c1ccc(Br)cc1. The summed E-state index contributed by atoms with van der Waals surface area (Å²) in [6, 6.07) is 30.4. The van der Waals surface area contributed by atoms with E-state index in [1.54, 1.807) is 72.8 Å². The molecule has 5 rings (SSSR count). The van der Waals surface area contributed by atoms with E-state index in [-0.39, 0.29) is 16.5 Å². The molecule has 1 aliphatic heterocycles. The largest absolute Gasteiger partial charge is 0.350 e. The van der Waals surface area contributed by atoms with Gasteiger partial charge in [0.1, 0.15) is 10.6 Å². The number of nitrogens with one attached hydrogen (secondary N) is 2. The number of halogens is 2. The first-order valence-corrected chi connectivity index (χ1v) is 13.8. The Morgan fingerprint density at radius 2 is 1.26 bits per heavy atom. The van der Waals surface area contributed by atoms with Crippen molar-refractivity contribution in [2.45, 2.75) is 4.90 Å². The maximum Gasteiger partial charge on any atom is 0.283 e. The molecule has 0 bridgehead atoms. The van der Waals surface area contributed by atoms with Crippen molar-refractivity contribution in [3.05, 3.63) is 128 Å². The number of nitrogens with zero attached hydrogens (tertiary/aromatic N) is 1. The molecular weight excluding hydrogens is 630 g/mol. The van der Waals surface area contributed by atoms with Crippen LogP contribution in [0.1, 0.15) is 10.4 Å². The van der Waals surface area contributed by atoms with Crippen LogP contribution >= 0.6 is 43.6 Å². The summed E-state index contributed by atoms with van der Waals surface area (Å²) in [6.07, 6.45) is 0. The first-order valence-electron chi connectivity index (χ1n) is 11.4. The molecule has 0 radical (unpaired) electrons. The van der Waals surface area contributed by atoms with E-state index in [0.29, 0.717) is 22.6 Å². The third kappa shape index (κ3) is 5.75. The molecule has 38 heavy (non-hydrogen) atoms. The van der Waals surface area contributed by atoms with Gasteiger partial charge in [0.2, 0.25) is 0 Å². The molecule has 0 spiro atoms. The quantitative estimate of drug-likeness (QED) is 0.204. The normalized spacial score (nSPS) is 13.2. The lowest BCUT2D eigenvalue weighted by molar-refractivity contribution is -0.120. The minimum atomic E-state index is -0.426. The van der Waals surface area contributed by atoms with E-state index in [1.807, 2.05) is 30.3 Å². The lowest BCUT2D eigenvalue weighted by atomic mass is 10.2. The van der Waals surface area contributed by atoms with Crippen molar-refractivity contribution in [1.29, 1.82) is 0 Å². The van der Waals surface area contributed by atoms with Crippen LogP contribution in [-0.4, -0.2) is 17.7 Å². The molecule has 188 valence electrons. The van der Waals surface area contributed by atoms with Crippen LogP contribution in [0.15, 0.2) is 128 Å². The second kappa shape index (κ2) is 11.4.